The monoisotopic (exact) mass is 539 g/mol. The van der Waals surface area contributed by atoms with Gasteiger partial charge in [-0.15, -0.1) is 0 Å². The van der Waals surface area contributed by atoms with Crippen molar-refractivity contribution in [1.29, 1.82) is 0 Å². The Morgan fingerprint density at radius 1 is 0.917 bits per heavy atom. The summed E-state index contributed by atoms with van der Waals surface area (Å²) in [5, 5.41) is 13.1. The zero-order chi connectivity index (χ0) is 23.4. The summed E-state index contributed by atoms with van der Waals surface area (Å²) in [6, 6.07) is 16.0. The van der Waals surface area contributed by atoms with E-state index in [1.165, 1.54) is 28.4 Å². The Balaban J connectivity index is 0.00000306. The van der Waals surface area contributed by atoms with Crippen molar-refractivity contribution in [2.75, 3.05) is 0 Å². The minimum atomic E-state index is -2.01. The number of aromatic hydroxyl groups is 1. The number of aryl methyl sites for hydroxylation is 1. The van der Waals surface area contributed by atoms with Gasteiger partial charge in [0.2, 0.25) is 0 Å². The fourth-order valence-corrected chi connectivity index (χ4v) is 13.4. The van der Waals surface area contributed by atoms with E-state index in [9.17, 15) is 5.11 Å². The first kappa shape index (κ1) is 34.9. The van der Waals surface area contributed by atoms with Crippen LogP contribution in [0, 0.1) is 47.0 Å². The van der Waals surface area contributed by atoms with Crippen LogP contribution in [0.1, 0.15) is 76.6 Å². The molecule has 2 aliphatic rings. The summed E-state index contributed by atoms with van der Waals surface area (Å²) >= 11 is 0. The molecule has 0 amide bonds. The molecule has 0 spiro atoms. The third-order valence-electron chi connectivity index (χ3n) is 9.14. The number of rotatable bonds is 4. The fraction of sp³-hybridized carbons (Fsp3) is 0.485. The van der Waals surface area contributed by atoms with Gasteiger partial charge in [0.25, 0.3) is 0 Å². The van der Waals surface area contributed by atoms with Gasteiger partial charge in [0.15, 0.2) is 0 Å². The van der Waals surface area contributed by atoms with Crippen molar-refractivity contribution in [3.05, 3.63) is 87.0 Å². The molecule has 2 aromatic rings. The topological polar surface area (TPSA) is 20.2 Å². The molecular weight excluding hydrogens is 488 g/mol. The largest absolute Gasteiger partial charge is 3.00 e. The second kappa shape index (κ2) is 12.6. The van der Waals surface area contributed by atoms with E-state index in [1.807, 2.05) is 0 Å². The van der Waals surface area contributed by atoms with Gasteiger partial charge in [-0.2, -0.15) is 0 Å². The third kappa shape index (κ3) is 5.38. The number of hydrogen-bond donors (Lipinski definition) is 1. The molecule has 2 aromatic carbocycles. The second-order valence-corrected chi connectivity index (χ2v) is 16.6. The van der Waals surface area contributed by atoms with Crippen molar-refractivity contribution in [1.82, 2.24) is 0 Å². The summed E-state index contributed by atoms with van der Waals surface area (Å²) < 4.78 is 0. The molecule has 1 fully saturated rings. The van der Waals surface area contributed by atoms with Gasteiger partial charge in [0.05, 0.1) is 8.07 Å². The maximum atomic E-state index is 11.7. The van der Waals surface area contributed by atoms with Crippen LogP contribution < -0.4 is 5.19 Å². The van der Waals surface area contributed by atoms with Crippen LogP contribution in [-0.2, 0) is 27.1 Å². The molecule has 4 unspecified atom stereocenters. The molecule has 0 saturated heterocycles. The predicted octanol–water partition coefficient (Wildman–Crippen LogP) is 9.12. The zero-order valence-corrected chi connectivity index (χ0v) is 27.4. The average molecular weight is 540 g/mol. The van der Waals surface area contributed by atoms with Gasteiger partial charge in [0, 0.05) is 0 Å². The molecule has 1 nitrogen and oxygen atoms in total. The van der Waals surface area contributed by atoms with Crippen LogP contribution in [0.3, 0.4) is 0 Å². The van der Waals surface area contributed by atoms with Gasteiger partial charge in [-0.25, -0.2) is 0 Å². The molecule has 0 bridgehead atoms. The number of fused-ring (bicyclic) bond motifs is 3. The van der Waals surface area contributed by atoms with Crippen LogP contribution in [0.2, 0.25) is 17.6 Å². The molecule has 2 aliphatic carbocycles. The van der Waals surface area contributed by atoms with Crippen molar-refractivity contribution in [2.45, 2.75) is 84.4 Å². The second-order valence-electron chi connectivity index (χ2n) is 11.7. The maximum Gasteiger partial charge on any atom is 3.00 e. The van der Waals surface area contributed by atoms with Gasteiger partial charge >= 0.3 is 21.7 Å². The molecule has 5 atom stereocenters. The van der Waals surface area contributed by atoms with Crippen LogP contribution in [0.25, 0.3) is 6.08 Å². The fourth-order valence-electron chi connectivity index (χ4n) is 7.37. The van der Waals surface area contributed by atoms with Crippen molar-refractivity contribution in [2.24, 2.45) is 17.8 Å². The van der Waals surface area contributed by atoms with E-state index in [0.29, 0.717) is 35.0 Å². The molecule has 1 radical (unpaired) electrons. The van der Waals surface area contributed by atoms with Crippen molar-refractivity contribution < 1.29 is 26.8 Å². The minimum absolute atomic E-state index is 0. The van der Waals surface area contributed by atoms with E-state index in [1.54, 1.807) is 5.56 Å². The Labute approximate surface area is 240 Å². The number of allylic oxidation sites excluding steroid dienone is 1. The van der Waals surface area contributed by atoms with Gasteiger partial charge in [-0.3, -0.25) is 0 Å². The number of benzene rings is 2. The normalized spacial score (nSPS) is 24.3. The predicted molar refractivity (Wildman–Crippen MR) is 161 cm³/mol. The van der Waals surface area contributed by atoms with Gasteiger partial charge in [-0.05, 0) is 63.4 Å². The Hall–Kier alpha value is -1.09. The number of hydrogen-bond acceptors (Lipinski definition) is 1. The molecule has 197 valence electrons. The van der Waals surface area contributed by atoms with Crippen molar-refractivity contribution >= 4 is 19.3 Å². The molecule has 0 heterocycles. The van der Waals surface area contributed by atoms with E-state index in [2.05, 4.69) is 104 Å². The van der Waals surface area contributed by atoms with E-state index >= 15 is 0 Å². The molecular formula is C33H51OSiTi. The molecule has 3 heteroatoms. The van der Waals surface area contributed by atoms with Crippen LogP contribution in [0.15, 0.2) is 42.5 Å². The van der Waals surface area contributed by atoms with E-state index in [-0.39, 0.29) is 49.4 Å². The number of phenols is 1. The maximum absolute atomic E-state index is 11.7. The molecule has 0 aliphatic heterocycles. The summed E-state index contributed by atoms with van der Waals surface area (Å²) in [6.07, 6.45) is 4.93. The Morgan fingerprint density at radius 3 is 2.06 bits per heavy atom. The summed E-state index contributed by atoms with van der Waals surface area (Å²) in [5.41, 5.74) is 5.94. The first-order valence-electron chi connectivity index (χ1n) is 12.7. The van der Waals surface area contributed by atoms with Crippen molar-refractivity contribution in [3.8, 4) is 5.75 Å². The first-order valence-corrected chi connectivity index (χ1v) is 15.2. The molecule has 1 saturated carbocycles. The molecule has 4 rings (SSSR count). The molecule has 0 aromatic heterocycles. The summed E-state index contributed by atoms with van der Waals surface area (Å²) in [5.74, 6) is 3.05. The van der Waals surface area contributed by atoms with E-state index in [0.717, 1.165) is 5.56 Å². The Morgan fingerprint density at radius 2 is 1.50 bits per heavy atom. The Bertz CT molecular complexity index is 1030. The first-order chi connectivity index (χ1) is 15.1. The Kier molecular flexibility index (Phi) is 12.3. The van der Waals surface area contributed by atoms with Crippen LogP contribution in [-0.4, -0.2) is 13.2 Å². The SMILES string of the molecule is CC[Si](CC)(c1cc(C)cc(C(C)(C)C)c1O)C1C2C=Cc3ccccc3C2C(C)[C@H]1C.[CH3-].[CH3-].[CH3-].[Ti+3]. The van der Waals surface area contributed by atoms with Gasteiger partial charge in [-0.1, -0.05) is 115 Å². The standard InChI is InChI=1S/C30H42OSi.3CH3.Ti/c1-9-32(10-2,26-18-19(3)17-25(28(26)31)30(6,7)8)29-21(5)20(4)27-23-14-12-11-13-22(23)15-16-24(27)29;;;;/h11-18,20-21,24,27,29,31H,9-10H2,1-8H3;3*1H3;/q;3*-1;+3/t20?,21-,24?,27?,29?;;;;/m1..../s1. The van der Waals surface area contributed by atoms with Crippen LogP contribution in [0.4, 0.5) is 0 Å². The smallest absolute Gasteiger partial charge is 0.508 e. The van der Waals surface area contributed by atoms with E-state index in [4.69, 9.17) is 0 Å². The molecule has 1 N–H and O–H groups in total. The third-order valence-corrected chi connectivity index (χ3v) is 15.3. The molecule has 36 heavy (non-hydrogen) atoms. The van der Waals surface area contributed by atoms with Gasteiger partial charge < -0.3 is 27.4 Å². The van der Waals surface area contributed by atoms with Crippen LogP contribution >= 0.6 is 0 Å². The van der Waals surface area contributed by atoms with Crippen LogP contribution in [0.5, 0.6) is 5.75 Å². The van der Waals surface area contributed by atoms with Gasteiger partial charge in [0.1, 0.15) is 5.75 Å². The number of phenolic OH excluding ortho intramolecular Hbond substituents is 1. The van der Waals surface area contributed by atoms with Crippen molar-refractivity contribution in [3.63, 3.8) is 0 Å². The minimum Gasteiger partial charge on any atom is -0.508 e. The average Bonchev–Trinajstić information content (AvgIpc) is 3.02. The van der Waals surface area contributed by atoms with E-state index < -0.39 is 8.07 Å². The quantitative estimate of drug-likeness (QED) is 0.303. The summed E-state index contributed by atoms with van der Waals surface area (Å²) in [4.78, 5) is 0. The summed E-state index contributed by atoms with van der Waals surface area (Å²) in [6.45, 7) is 18.7. The zero-order valence-electron chi connectivity index (χ0n) is 24.9. The summed E-state index contributed by atoms with van der Waals surface area (Å²) in [7, 11) is -2.01.